The molecule has 3 nitrogen and oxygen atoms in total. The van der Waals surface area contributed by atoms with Crippen molar-refractivity contribution in [3.8, 4) is 0 Å². The summed E-state index contributed by atoms with van der Waals surface area (Å²) < 4.78 is 13.4. The van der Waals surface area contributed by atoms with Crippen LogP contribution in [0.15, 0.2) is 34.2 Å². The highest BCUT2D eigenvalue weighted by molar-refractivity contribution is 7.99. The summed E-state index contributed by atoms with van der Waals surface area (Å²) in [5, 5.41) is 6.18. The molecule has 0 saturated carbocycles. The molecule has 20 heavy (non-hydrogen) atoms. The van der Waals surface area contributed by atoms with Crippen molar-refractivity contribution in [1.82, 2.24) is 10.6 Å². The molecule has 0 aliphatic carbocycles. The van der Waals surface area contributed by atoms with Gasteiger partial charge in [0.05, 0.1) is 6.04 Å². The van der Waals surface area contributed by atoms with Crippen LogP contribution in [0, 0.1) is 5.82 Å². The van der Waals surface area contributed by atoms with Gasteiger partial charge in [0.2, 0.25) is 5.91 Å². The summed E-state index contributed by atoms with van der Waals surface area (Å²) in [4.78, 5) is 13.3. The summed E-state index contributed by atoms with van der Waals surface area (Å²) in [6.45, 7) is 3.45. The standard InChI is InChI=1S/C15H17FN2OS/c1-9(10-7-17-8-10)15(19)18-13-4-5-20-14-3-2-11(16)6-12(13)14/h2-3,6,13,17H,4-5,7-8H2,1H3,(H,18,19). The summed E-state index contributed by atoms with van der Waals surface area (Å²) in [6, 6.07) is 4.73. The number of benzene rings is 1. The lowest BCUT2D eigenvalue weighted by Crippen LogP contribution is -2.38. The minimum Gasteiger partial charge on any atom is -0.345 e. The molecule has 1 aromatic rings. The maximum atomic E-state index is 13.4. The first kappa shape index (κ1) is 13.6. The van der Waals surface area contributed by atoms with E-state index in [1.165, 1.54) is 6.07 Å². The van der Waals surface area contributed by atoms with Gasteiger partial charge in [0.1, 0.15) is 5.82 Å². The molecule has 2 heterocycles. The summed E-state index contributed by atoms with van der Waals surface area (Å²) >= 11 is 1.72. The van der Waals surface area contributed by atoms with Crippen molar-refractivity contribution in [2.45, 2.75) is 24.3 Å². The molecular weight excluding hydrogens is 275 g/mol. The number of halogens is 1. The predicted molar refractivity (Wildman–Crippen MR) is 78.2 cm³/mol. The number of carbonyl (C=O) groups is 1. The molecule has 0 aromatic heterocycles. The molecule has 2 N–H and O–H groups in total. The van der Waals surface area contributed by atoms with Crippen molar-refractivity contribution in [2.75, 3.05) is 18.8 Å². The van der Waals surface area contributed by atoms with E-state index in [4.69, 9.17) is 0 Å². The zero-order valence-electron chi connectivity index (χ0n) is 11.3. The fourth-order valence-electron chi connectivity index (χ4n) is 2.46. The van der Waals surface area contributed by atoms with Gasteiger partial charge in [-0.15, -0.1) is 11.8 Å². The van der Waals surface area contributed by atoms with Crippen LogP contribution >= 0.6 is 11.8 Å². The van der Waals surface area contributed by atoms with Crippen molar-refractivity contribution in [2.24, 2.45) is 0 Å². The van der Waals surface area contributed by atoms with Crippen LogP contribution in [0.5, 0.6) is 0 Å². The van der Waals surface area contributed by atoms with Gasteiger partial charge in [-0.1, -0.05) is 0 Å². The fraction of sp³-hybridized carbons (Fsp3) is 0.400. The summed E-state index contributed by atoms with van der Waals surface area (Å²) in [6.07, 6.45) is 0.841. The lowest BCUT2D eigenvalue weighted by molar-refractivity contribution is -0.118. The maximum Gasteiger partial charge on any atom is 0.247 e. The van der Waals surface area contributed by atoms with Crippen molar-refractivity contribution in [3.63, 3.8) is 0 Å². The van der Waals surface area contributed by atoms with Gasteiger partial charge in [-0.2, -0.15) is 0 Å². The maximum absolute atomic E-state index is 13.4. The van der Waals surface area contributed by atoms with Gasteiger partial charge < -0.3 is 10.6 Å². The van der Waals surface area contributed by atoms with E-state index in [2.05, 4.69) is 10.6 Å². The van der Waals surface area contributed by atoms with E-state index in [-0.39, 0.29) is 17.8 Å². The number of hydrogen-bond donors (Lipinski definition) is 2. The Morgan fingerprint density at radius 1 is 1.45 bits per heavy atom. The number of thioether (sulfide) groups is 1. The highest BCUT2D eigenvalue weighted by atomic mass is 32.2. The van der Waals surface area contributed by atoms with Gasteiger partial charge in [-0.3, -0.25) is 4.79 Å². The SMILES string of the molecule is CC(C(=O)NC1CCSc2ccc(F)cc21)=C1CNC1. The van der Waals surface area contributed by atoms with Crippen LogP contribution in [0.25, 0.3) is 0 Å². The van der Waals surface area contributed by atoms with E-state index in [0.717, 1.165) is 46.9 Å². The summed E-state index contributed by atoms with van der Waals surface area (Å²) in [5.41, 5.74) is 2.85. The zero-order valence-corrected chi connectivity index (χ0v) is 12.1. The molecule has 2 aliphatic heterocycles. The average molecular weight is 292 g/mol. The number of nitrogens with one attached hydrogen (secondary N) is 2. The summed E-state index contributed by atoms with van der Waals surface area (Å²) in [7, 11) is 0. The number of rotatable bonds is 2. The van der Waals surface area contributed by atoms with Gasteiger partial charge in [0, 0.05) is 29.3 Å². The van der Waals surface area contributed by atoms with Gasteiger partial charge in [-0.05, 0) is 42.7 Å². The Labute approximate surface area is 122 Å². The Kier molecular flexibility index (Phi) is 3.81. The molecule has 3 rings (SSSR count). The zero-order chi connectivity index (χ0) is 14.1. The fourth-order valence-corrected chi connectivity index (χ4v) is 3.56. The molecule has 0 radical (unpaired) electrons. The van der Waals surface area contributed by atoms with Crippen LogP contribution in [-0.2, 0) is 4.79 Å². The first-order valence-corrected chi connectivity index (χ1v) is 7.76. The molecule has 1 atom stereocenters. The van der Waals surface area contributed by atoms with Crippen molar-refractivity contribution in [1.29, 1.82) is 0 Å². The third-order valence-electron chi connectivity index (χ3n) is 3.86. The topological polar surface area (TPSA) is 41.1 Å². The van der Waals surface area contributed by atoms with Crippen molar-refractivity contribution < 1.29 is 9.18 Å². The minimum atomic E-state index is -0.247. The highest BCUT2D eigenvalue weighted by Gasteiger charge is 2.24. The number of fused-ring (bicyclic) bond motifs is 1. The average Bonchev–Trinajstić information content (AvgIpc) is 2.37. The summed E-state index contributed by atoms with van der Waals surface area (Å²) in [5.74, 6) is 0.665. The van der Waals surface area contributed by atoms with Crippen LogP contribution in [0.1, 0.15) is 24.9 Å². The van der Waals surface area contributed by atoms with Crippen molar-refractivity contribution in [3.05, 3.63) is 40.7 Å². The second kappa shape index (κ2) is 5.58. The Morgan fingerprint density at radius 2 is 2.25 bits per heavy atom. The van der Waals surface area contributed by atoms with Gasteiger partial charge in [0.15, 0.2) is 0 Å². The monoisotopic (exact) mass is 292 g/mol. The van der Waals surface area contributed by atoms with E-state index in [0.29, 0.717) is 0 Å². The smallest absolute Gasteiger partial charge is 0.247 e. The van der Waals surface area contributed by atoms with Crippen LogP contribution in [0.2, 0.25) is 0 Å². The van der Waals surface area contributed by atoms with E-state index >= 15 is 0 Å². The second-order valence-electron chi connectivity index (χ2n) is 5.18. The number of carbonyl (C=O) groups excluding carboxylic acids is 1. The number of hydrogen-bond acceptors (Lipinski definition) is 3. The molecule has 5 heteroatoms. The Morgan fingerprint density at radius 3 is 2.95 bits per heavy atom. The van der Waals surface area contributed by atoms with Gasteiger partial charge in [0.25, 0.3) is 0 Å². The van der Waals surface area contributed by atoms with Crippen LogP contribution in [-0.4, -0.2) is 24.7 Å². The first-order valence-electron chi connectivity index (χ1n) is 6.77. The molecule has 0 spiro atoms. The molecule has 106 valence electrons. The molecule has 1 aromatic carbocycles. The van der Waals surface area contributed by atoms with E-state index in [1.54, 1.807) is 23.9 Å². The molecule has 1 amide bonds. The minimum absolute atomic E-state index is 0.0337. The quantitative estimate of drug-likeness (QED) is 0.823. The third kappa shape index (κ3) is 2.60. The van der Waals surface area contributed by atoms with E-state index in [1.807, 2.05) is 6.92 Å². The van der Waals surface area contributed by atoms with Crippen LogP contribution < -0.4 is 10.6 Å². The van der Waals surface area contributed by atoms with Crippen LogP contribution in [0.3, 0.4) is 0 Å². The Balaban J connectivity index is 1.79. The first-order chi connectivity index (χ1) is 9.65. The lowest BCUT2D eigenvalue weighted by atomic mass is 10.0. The number of amides is 1. The Hall–Kier alpha value is -1.33. The molecule has 1 fully saturated rings. The predicted octanol–water partition coefficient (Wildman–Crippen LogP) is 2.40. The molecular formula is C15H17FN2OS. The highest BCUT2D eigenvalue weighted by Crippen LogP contribution is 2.36. The Bertz CT molecular complexity index is 579. The molecule has 1 saturated heterocycles. The van der Waals surface area contributed by atoms with E-state index in [9.17, 15) is 9.18 Å². The lowest BCUT2D eigenvalue weighted by Gasteiger charge is -2.27. The van der Waals surface area contributed by atoms with Gasteiger partial charge in [-0.25, -0.2) is 4.39 Å². The second-order valence-corrected chi connectivity index (χ2v) is 6.31. The molecule has 1 unspecified atom stereocenters. The molecule has 0 bridgehead atoms. The van der Waals surface area contributed by atoms with Gasteiger partial charge >= 0.3 is 0 Å². The van der Waals surface area contributed by atoms with E-state index < -0.39 is 0 Å². The normalized spacial score (nSPS) is 20.9. The van der Waals surface area contributed by atoms with Crippen molar-refractivity contribution >= 4 is 17.7 Å². The third-order valence-corrected chi connectivity index (χ3v) is 4.99. The van der Waals surface area contributed by atoms with Crippen LogP contribution in [0.4, 0.5) is 4.39 Å². The largest absolute Gasteiger partial charge is 0.345 e. The molecule has 2 aliphatic rings.